The second kappa shape index (κ2) is 4.67. The van der Waals surface area contributed by atoms with Gasteiger partial charge in [0.1, 0.15) is 16.4 Å². The third-order valence-electron chi connectivity index (χ3n) is 1.52. The third-order valence-corrected chi connectivity index (χ3v) is 2.87. The monoisotopic (exact) mass is 285 g/mol. The first-order valence-electron chi connectivity index (χ1n) is 4.01. The number of rotatable bonds is 2. The van der Waals surface area contributed by atoms with E-state index in [1.165, 1.54) is 24.2 Å². The van der Waals surface area contributed by atoms with Crippen LogP contribution < -0.4 is 0 Å². The smallest absolute Gasteiger partial charge is 0.217 e. The lowest BCUT2D eigenvalue weighted by molar-refractivity contribution is 0.572. The Balaban J connectivity index is 2.18. The number of halogens is 2. The molecule has 0 atom stereocenters. The second-order valence-electron chi connectivity index (χ2n) is 2.60. The Morgan fingerprint density at radius 2 is 2.00 bits per heavy atom. The van der Waals surface area contributed by atoms with Gasteiger partial charge in [0.15, 0.2) is 0 Å². The predicted molar refractivity (Wildman–Crippen MR) is 58.1 cm³/mol. The first kappa shape index (κ1) is 10.5. The van der Waals surface area contributed by atoms with Gasteiger partial charge >= 0.3 is 0 Å². The van der Waals surface area contributed by atoms with E-state index >= 15 is 0 Å². The van der Waals surface area contributed by atoms with E-state index in [2.05, 4.69) is 30.9 Å². The van der Waals surface area contributed by atoms with Gasteiger partial charge in [0.25, 0.3) is 0 Å². The van der Waals surface area contributed by atoms with E-state index in [4.69, 9.17) is 0 Å². The SMILES string of the molecule is Fc1cc(Sc2ccc(Br)cn2)ncn1. The van der Waals surface area contributed by atoms with E-state index in [-0.39, 0.29) is 0 Å². The molecule has 0 N–H and O–H groups in total. The lowest BCUT2D eigenvalue weighted by Crippen LogP contribution is -1.87. The molecule has 3 nitrogen and oxygen atoms in total. The van der Waals surface area contributed by atoms with Gasteiger partial charge in [-0.05, 0) is 39.8 Å². The molecule has 0 aliphatic heterocycles. The summed E-state index contributed by atoms with van der Waals surface area (Å²) < 4.78 is 13.6. The van der Waals surface area contributed by atoms with Crippen LogP contribution in [0.2, 0.25) is 0 Å². The van der Waals surface area contributed by atoms with Crippen LogP contribution in [-0.4, -0.2) is 15.0 Å². The highest BCUT2D eigenvalue weighted by Gasteiger charge is 2.01. The van der Waals surface area contributed by atoms with Gasteiger partial charge in [-0.1, -0.05) is 0 Å². The number of pyridine rings is 1. The molecule has 0 unspecified atom stereocenters. The molecular formula is C9H5BrFN3S. The summed E-state index contributed by atoms with van der Waals surface area (Å²) in [6.07, 6.45) is 2.87. The van der Waals surface area contributed by atoms with Gasteiger partial charge < -0.3 is 0 Å². The Kier molecular flexibility index (Phi) is 3.27. The van der Waals surface area contributed by atoms with Crippen LogP contribution in [0.1, 0.15) is 0 Å². The summed E-state index contributed by atoms with van der Waals surface area (Å²) in [6, 6.07) is 4.97. The molecule has 2 rings (SSSR count). The summed E-state index contributed by atoms with van der Waals surface area (Å²) in [6.45, 7) is 0. The minimum atomic E-state index is -0.537. The molecule has 0 saturated carbocycles. The summed E-state index contributed by atoms with van der Waals surface area (Å²) >= 11 is 4.57. The summed E-state index contributed by atoms with van der Waals surface area (Å²) in [5, 5.41) is 1.30. The van der Waals surface area contributed by atoms with E-state index in [9.17, 15) is 4.39 Å². The van der Waals surface area contributed by atoms with Crippen molar-refractivity contribution < 1.29 is 4.39 Å². The number of hydrogen-bond donors (Lipinski definition) is 0. The van der Waals surface area contributed by atoms with Crippen molar-refractivity contribution in [2.45, 2.75) is 10.1 Å². The van der Waals surface area contributed by atoms with E-state index in [0.717, 1.165) is 9.50 Å². The molecule has 0 amide bonds. The molecule has 0 spiro atoms. The van der Waals surface area contributed by atoms with E-state index < -0.39 is 5.95 Å². The van der Waals surface area contributed by atoms with Gasteiger partial charge in [-0.15, -0.1) is 0 Å². The van der Waals surface area contributed by atoms with E-state index in [1.807, 2.05) is 12.1 Å². The number of nitrogens with zero attached hydrogens (tertiary/aromatic N) is 3. The molecule has 0 fully saturated rings. The molecule has 0 aliphatic rings. The van der Waals surface area contributed by atoms with Gasteiger partial charge in [-0.2, -0.15) is 4.39 Å². The van der Waals surface area contributed by atoms with Gasteiger partial charge in [0, 0.05) is 16.7 Å². The zero-order valence-corrected chi connectivity index (χ0v) is 9.80. The average molecular weight is 286 g/mol. The molecule has 76 valence electrons. The van der Waals surface area contributed by atoms with Crippen LogP contribution in [0, 0.1) is 5.95 Å². The van der Waals surface area contributed by atoms with Crippen LogP contribution in [0.15, 0.2) is 45.2 Å². The Hall–Kier alpha value is -1.01. The molecule has 6 heteroatoms. The normalized spacial score (nSPS) is 10.3. The van der Waals surface area contributed by atoms with Crippen LogP contribution in [0.5, 0.6) is 0 Å². The van der Waals surface area contributed by atoms with Crippen molar-refractivity contribution in [3.05, 3.63) is 41.1 Å². The molecule has 15 heavy (non-hydrogen) atoms. The van der Waals surface area contributed by atoms with E-state index in [1.54, 1.807) is 6.20 Å². The van der Waals surface area contributed by atoms with Crippen molar-refractivity contribution in [2.75, 3.05) is 0 Å². The first-order valence-corrected chi connectivity index (χ1v) is 5.62. The van der Waals surface area contributed by atoms with Crippen molar-refractivity contribution in [3.8, 4) is 0 Å². The molecule has 0 radical (unpaired) electrons. The quantitative estimate of drug-likeness (QED) is 0.796. The Labute approximate surface area is 98.3 Å². The maximum absolute atomic E-state index is 12.7. The fraction of sp³-hybridized carbons (Fsp3) is 0. The molecule has 2 aromatic heterocycles. The maximum Gasteiger partial charge on any atom is 0.217 e. The molecule has 2 heterocycles. The van der Waals surface area contributed by atoms with Crippen molar-refractivity contribution >= 4 is 27.7 Å². The average Bonchev–Trinajstić information content (AvgIpc) is 2.22. The van der Waals surface area contributed by atoms with Crippen molar-refractivity contribution in [3.63, 3.8) is 0 Å². The van der Waals surface area contributed by atoms with Crippen LogP contribution in [0.4, 0.5) is 4.39 Å². The van der Waals surface area contributed by atoms with E-state index in [0.29, 0.717) is 5.03 Å². The highest BCUT2D eigenvalue weighted by molar-refractivity contribution is 9.10. The van der Waals surface area contributed by atoms with Gasteiger partial charge in [0.2, 0.25) is 5.95 Å². The molecule has 2 aromatic rings. The molecule has 0 saturated heterocycles. The zero-order chi connectivity index (χ0) is 10.7. The predicted octanol–water partition coefficient (Wildman–Crippen LogP) is 2.92. The zero-order valence-electron chi connectivity index (χ0n) is 7.39. The summed E-state index contributed by atoms with van der Waals surface area (Å²) in [5.74, 6) is -0.537. The topological polar surface area (TPSA) is 38.7 Å². The standard InChI is InChI=1S/C9H5BrFN3S/c10-6-1-2-8(12-4-6)15-9-3-7(11)13-5-14-9/h1-5H. The van der Waals surface area contributed by atoms with Crippen LogP contribution in [-0.2, 0) is 0 Å². The van der Waals surface area contributed by atoms with Crippen molar-refractivity contribution in [1.82, 2.24) is 15.0 Å². The Morgan fingerprint density at radius 3 is 2.67 bits per heavy atom. The lowest BCUT2D eigenvalue weighted by Gasteiger charge is -1.99. The molecular weight excluding hydrogens is 281 g/mol. The fourth-order valence-electron chi connectivity index (χ4n) is 0.903. The second-order valence-corrected chi connectivity index (χ2v) is 4.55. The van der Waals surface area contributed by atoms with Crippen LogP contribution in [0.25, 0.3) is 0 Å². The summed E-state index contributed by atoms with van der Waals surface area (Å²) in [5.41, 5.74) is 0. The Bertz CT molecular complexity index is 463. The maximum atomic E-state index is 12.7. The first-order chi connectivity index (χ1) is 7.24. The number of aromatic nitrogens is 3. The summed E-state index contributed by atoms with van der Waals surface area (Å²) in [7, 11) is 0. The molecule has 0 bridgehead atoms. The Morgan fingerprint density at radius 1 is 1.13 bits per heavy atom. The minimum Gasteiger partial charge on any atom is -0.248 e. The fourth-order valence-corrected chi connectivity index (χ4v) is 1.85. The van der Waals surface area contributed by atoms with Crippen LogP contribution in [0.3, 0.4) is 0 Å². The highest BCUT2D eigenvalue weighted by atomic mass is 79.9. The van der Waals surface area contributed by atoms with Gasteiger partial charge in [-0.3, -0.25) is 0 Å². The highest BCUT2D eigenvalue weighted by Crippen LogP contribution is 2.24. The van der Waals surface area contributed by atoms with Crippen molar-refractivity contribution in [2.24, 2.45) is 0 Å². The number of hydrogen-bond acceptors (Lipinski definition) is 4. The molecule has 0 aliphatic carbocycles. The lowest BCUT2D eigenvalue weighted by atomic mass is 10.5. The summed E-state index contributed by atoms with van der Waals surface area (Å²) in [4.78, 5) is 11.4. The molecule has 0 aromatic carbocycles. The van der Waals surface area contributed by atoms with Gasteiger partial charge in [0.05, 0.1) is 0 Å². The minimum absolute atomic E-state index is 0.537. The van der Waals surface area contributed by atoms with Gasteiger partial charge in [-0.25, -0.2) is 15.0 Å². The largest absolute Gasteiger partial charge is 0.248 e. The van der Waals surface area contributed by atoms with Crippen molar-refractivity contribution in [1.29, 1.82) is 0 Å². The third kappa shape index (κ3) is 2.97. The van der Waals surface area contributed by atoms with Crippen LogP contribution >= 0.6 is 27.7 Å².